The van der Waals surface area contributed by atoms with Gasteiger partial charge in [-0.05, 0) is 50.6 Å². The van der Waals surface area contributed by atoms with E-state index < -0.39 is 6.69 Å². The molecule has 2 aliphatic heterocycles. The van der Waals surface area contributed by atoms with Crippen LogP contribution >= 0.6 is 0 Å². The smallest absolute Gasteiger partial charge is 0.415 e. The Morgan fingerprint density at radius 2 is 1.78 bits per heavy atom. The third kappa shape index (κ3) is 2.53. The Morgan fingerprint density at radius 3 is 2.48 bits per heavy atom. The predicted octanol–water partition coefficient (Wildman–Crippen LogP) is 4.82. The molecule has 0 N–H and O–H groups in total. The minimum absolute atomic E-state index is 0.542. The summed E-state index contributed by atoms with van der Waals surface area (Å²) in [7, 11) is 0. The van der Waals surface area contributed by atoms with E-state index >= 15 is 4.32 Å². The highest BCUT2D eigenvalue weighted by Crippen LogP contribution is 2.40. The van der Waals surface area contributed by atoms with Gasteiger partial charge in [0.25, 0.3) is 0 Å². The van der Waals surface area contributed by atoms with Crippen molar-refractivity contribution >= 4 is 18.0 Å². The zero-order valence-corrected chi connectivity index (χ0v) is 16.6. The molecule has 0 spiro atoms. The first-order valence-corrected chi connectivity index (χ1v) is 9.44. The molecular formula is C23H24BFN2. The van der Waals surface area contributed by atoms with Crippen molar-refractivity contribution in [2.24, 2.45) is 0 Å². The third-order valence-electron chi connectivity index (χ3n) is 5.66. The molecule has 0 radical (unpaired) electrons. The first-order chi connectivity index (χ1) is 12.8. The summed E-state index contributed by atoms with van der Waals surface area (Å²) >= 11 is 0. The molecule has 3 heterocycles. The summed E-state index contributed by atoms with van der Waals surface area (Å²) in [5.41, 5.74) is 8.18. The van der Waals surface area contributed by atoms with Crippen LogP contribution in [0.3, 0.4) is 0 Å². The largest absolute Gasteiger partial charge is 0.623 e. The van der Waals surface area contributed by atoms with Gasteiger partial charge in [0.05, 0.1) is 0 Å². The molecule has 2 nitrogen and oxygen atoms in total. The fraction of sp³-hybridized carbons (Fsp3) is 0.261. The van der Waals surface area contributed by atoms with Gasteiger partial charge in [0.15, 0.2) is 5.70 Å². The zero-order chi connectivity index (χ0) is 19.3. The van der Waals surface area contributed by atoms with Gasteiger partial charge in [-0.1, -0.05) is 30.3 Å². The quantitative estimate of drug-likeness (QED) is 0.510. The minimum atomic E-state index is -2.75. The molecule has 0 fully saturated rings. The van der Waals surface area contributed by atoms with Crippen molar-refractivity contribution in [2.45, 2.75) is 41.0 Å². The molecule has 0 bridgehead atoms. The Hall–Kier alpha value is -2.80. The van der Waals surface area contributed by atoms with E-state index in [1.54, 1.807) is 0 Å². The maximum Gasteiger partial charge on any atom is 0.623 e. The highest BCUT2D eigenvalue weighted by atomic mass is 19.1. The van der Waals surface area contributed by atoms with E-state index in [2.05, 4.69) is 44.7 Å². The van der Waals surface area contributed by atoms with Gasteiger partial charge in [-0.3, -0.25) is 0 Å². The van der Waals surface area contributed by atoms with Crippen molar-refractivity contribution in [2.75, 3.05) is 0 Å². The molecule has 136 valence electrons. The summed E-state index contributed by atoms with van der Waals surface area (Å²) < 4.78 is 20.4. The Balaban J connectivity index is 1.91. The van der Waals surface area contributed by atoms with E-state index in [4.69, 9.17) is 0 Å². The van der Waals surface area contributed by atoms with Crippen molar-refractivity contribution in [1.29, 1.82) is 0 Å². The molecule has 0 saturated carbocycles. The lowest BCUT2D eigenvalue weighted by Crippen LogP contribution is -2.54. The first-order valence-electron chi connectivity index (χ1n) is 9.44. The molecular weight excluding hydrogens is 334 g/mol. The van der Waals surface area contributed by atoms with E-state index in [1.807, 2.05) is 53.1 Å². The minimum Gasteiger partial charge on any atom is -0.415 e. The van der Waals surface area contributed by atoms with Gasteiger partial charge in [0.2, 0.25) is 0 Å². The van der Waals surface area contributed by atoms with Crippen LogP contribution in [0.15, 0.2) is 53.7 Å². The van der Waals surface area contributed by atoms with Crippen molar-refractivity contribution < 1.29 is 8.80 Å². The lowest BCUT2D eigenvalue weighted by atomic mass is 9.65. The molecule has 1 unspecified atom stereocenters. The molecule has 0 saturated heterocycles. The molecule has 1 atom stereocenters. The number of hydrogen-bond acceptors (Lipinski definition) is 0. The summed E-state index contributed by atoms with van der Waals surface area (Å²) in [6.07, 6.45) is 2.60. The highest BCUT2D eigenvalue weighted by molar-refractivity contribution is 6.73. The maximum absolute atomic E-state index is 16.8. The predicted molar refractivity (Wildman–Crippen MR) is 111 cm³/mol. The number of hydrogen-bond donors (Lipinski definition) is 0. The van der Waals surface area contributed by atoms with Crippen LogP contribution in [0, 0.1) is 25.6 Å². The fourth-order valence-corrected chi connectivity index (χ4v) is 4.71. The standard InChI is InChI=1S/C23H24BFN2/c1-16-14-18(3)26-22(16)20(5)23-17(2)15-19(4)27(23)24(26,25)13-9-12-21-10-7-6-8-11-21/h6-8,10-11,14-15H,12H2,1-5H3. The average molecular weight is 358 g/mol. The summed E-state index contributed by atoms with van der Waals surface area (Å²) in [5, 5.41) is 0. The molecule has 1 aromatic heterocycles. The highest BCUT2D eigenvalue weighted by Gasteiger charge is 2.51. The summed E-state index contributed by atoms with van der Waals surface area (Å²) in [5.74, 6) is 6.18. The Kier molecular flexibility index (Phi) is 4.00. The number of rotatable bonds is 1. The molecule has 27 heavy (non-hydrogen) atoms. The number of halogens is 1. The van der Waals surface area contributed by atoms with E-state index in [0.29, 0.717) is 6.42 Å². The summed E-state index contributed by atoms with van der Waals surface area (Å²) in [6.45, 7) is 7.37. The van der Waals surface area contributed by atoms with Crippen molar-refractivity contribution in [3.05, 3.63) is 76.3 Å². The normalized spacial score (nSPS) is 20.9. The van der Waals surface area contributed by atoms with Gasteiger partial charge in [-0.2, -0.15) is 5.82 Å². The summed E-state index contributed by atoms with van der Waals surface area (Å²) in [4.78, 5) is 0. The number of nitrogens with zero attached hydrogens (tertiary/aromatic N) is 2. The van der Waals surface area contributed by atoms with Gasteiger partial charge in [-0.15, -0.1) is 5.92 Å². The summed E-state index contributed by atoms with van der Waals surface area (Å²) in [6, 6.07) is 12.1. The van der Waals surface area contributed by atoms with Crippen LogP contribution < -0.4 is 0 Å². The lowest BCUT2D eigenvalue weighted by Gasteiger charge is -2.35. The zero-order valence-electron chi connectivity index (χ0n) is 16.6. The van der Waals surface area contributed by atoms with Crippen LogP contribution in [0.25, 0.3) is 5.57 Å². The molecule has 2 aromatic rings. The number of aromatic nitrogens is 1. The molecule has 0 amide bonds. The lowest BCUT2D eigenvalue weighted by molar-refractivity contribution is -0.345. The van der Waals surface area contributed by atoms with Crippen molar-refractivity contribution in [3.63, 3.8) is 0 Å². The number of fused-ring (bicyclic) bond motifs is 2. The van der Waals surface area contributed by atoms with Crippen LogP contribution in [-0.4, -0.2) is 21.4 Å². The fourth-order valence-electron chi connectivity index (χ4n) is 4.71. The van der Waals surface area contributed by atoms with Crippen LogP contribution in [0.2, 0.25) is 0 Å². The second-order valence-corrected chi connectivity index (χ2v) is 7.66. The van der Waals surface area contributed by atoms with E-state index in [9.17, 15) is 0 Å². The van der Waals surface area contributed by atoms with E-state index in [-0.39, 0.29) is 0 Å². The van der Waals surface area contributed by atoms with Crippen LogP contribution in [-0.2, 0) is 6.42 Å². The van der Waals surface area contributed by atoms with Crippen LogP contribution in [0.4, 0.5) is 4.32 Å². The SMILES string of the molecule is CC1=CC(C)=[N+]2C1=C(C)c1c(C)cc(C)n1[B-]2(F)C#CCc1ccccc1. The molecule has 4 rings (SSSR count). The van der Waals surface area contributed by atoms with Gasteiger partial charge < -0.3 is 13.3 Å². The van der Waals surface area contributed by atoms with E-state index in [1.165, 1.54) is 0 Å². The Labute approximate surface area is 160 Å². The average Bonchev–Trinajstić information content (AvgIpc) is 3.10. The van der Waals surface area contributed by atoms with Crippen LogP contribution in [0.5, 0.6) is 0 Å². The number of benzene rings is 1. The topological polar surface area (TPSA) is 7.94 Å². The van der Waals surface area contributed by atoms with Crippen molar-refractivity contribution in [3.8, 4) is 11.7 Å². The first kappa shape index (κ1) is 17.6. The van der Waals surface area contributed by atoms with E-state index in [0.717, 1.165) is 45.1 Å². The molecule has 0 aliphatic carbocycles. The Bertz CT molecular complexity index is 1110. The van der Waals surface area contributed by atoms with Crippen LogP contribution in [0.1, 0.15) is 43.3 Å². The van der Waals surface area contributed by atoms with Gasteiger partial charge in [0, 0.05) is 36.3 Å². The maximum atomic E-state index is 16.8. The van der Waals surface area contributed by atoms with Gasteiger partial charge in [0.1, 0.15) is 5.71 Å². The van der Waals surface area contributed by atoms with Gasteiger partial charge in [-0.25, -0.2) is 0 Å². The monoisotopic (exact) mass is 358 g/mol. The van der Waals surface area contributed by atoms with Crippen molar-refractivity contribution in [1.82, 2.24) is 4.48 Å². The Morgan fingerprint density at radius 1 is 1.07 bits per heavy atom. The number of aryl methyl sites for hydroxylation is 2. The van der Waals surface area contributed by atoms with Gasteiger partial charge >= 0.3 is 6.69 Å². The number of allylic oxidation sites excluding steroid dienone is 3. The molecule has 1 aromatic carbocycles. The molecule has 4 heteroatoms. The second-order valence-electron chi connectivity index (χ2n) is 7.66. The third-order valence-corrected chi connectivity index (χ3v) is 5.66. The second kappa shape index (κ2) is 6.13. The molecule has 2 aliphatic rings.